The molecule has 1 unspecified atom stereocenters. The highest BCUT2D eigenvalue weighted by Gasteiger charge is 2.21. The van der Waals surface area contributed by atoms with Crippen molar-refractivity contribution in [2.75, 3.05) is 13.7 Å². The fraction of sp³-hybridized carbons (Fsp3) is 0.500. The molecular weight excluding hydrogens is 244 g/mol. The van der Waals surface area contributed by atoms with Gasteiger partial charge in [0.1, 0.15) is 0 Å². The van der Waals surface area contributed by atoms with E-state index in [4.69, 9.17) is 17.0 Å². The number of rotatable bonds is 4. The Hall–Kier alpha value is -1.13. The maximum Gasteiger partial charge on any atom is 0.166 e. The Kier molecular flexibility index (Phi) is 4.55. The lowest BCUT2D eigenvalue weighted by Gasteiger charge is -2.19. The van der Waals surface area contributed by atoms with Crippen molar-refractivity contribution in [1.82, 2.24) is 10.6 Å². The smallest absolute Gasteiger partial charge is 0.166 e. The van der Waals surface area contributed by atoms with Gasteiger partial charge in [0.25, 0.3) is 0 Å². The van der Waals surface area contributed by atoms with Gasteiger partial charge in [-0.15, -0.1) is 0 Å². The number of fused-ring (bicyclic) bond motifs is 1. The summed E-state index contributed by atoms with van der Waals surface area (Å²) in [5, 5.41) is 7.33. The van der Waals surface area contributed by atoms with Gasteiger partial charge in [-0.3, -0.25) is 0 Å². The van der Waals surface area contributed by atoms with Crippen LogP contribution in [0.25, 0.3) is 0 Å². The van der Waals surface area contributed by atoms with Crippen molar-refractivity contribution < 1.29 is 4.74 Å². The van der Waals surface area contributed by atoms with Crippen molar-refractivity contribution in [1.29, 1.82) is 0 Å². The monoisotopic (exact) mass is 264 g/mol. The number of ether oxygens (including phenoxy) is 1. The summed E-state index contributed by atoms with van der Waals surface area (Å²) in [4.78, 5) is 0. The van der Waals surface area contributed by atoms with Crippen molar-refractivity contribution in [3.63, 3.8) is 0 Å². The molecule has 0 heterocycles. The molecule has 0 bridgehead atoms. The standard InChI is InChI=1S/C14H20N2OS/c1-10(9-17-2)15-14(18)16-13-7-11-5-3-4-6-12(11)8-13/h3-6,10,13H,7-9H2,1-2H3,(H2,15,16,18). The Morgan fingerprint density at radius 2 is 2.00 bits per heavy atom. The summed E-state index contributed by atoms with van der Waals surface area (Å²) >= 11 is 5.31. The Labute approximate surface area is 114 Å². The van der Waals surface area contributed by atoms with Gasteiger partial charge in [0.2, 0.25) is 0 Å². The zero-order chi connectivity index (χ0) is 13.0. The molecule has 1 aliphatic carbocycles. The summed E-state index contributed by atoms with van der Waals surface area (Å²) in [6.07, 6.45) is 2.10. The van der Waals surface area contributed by atoms with E-state index >= 15 is 0 Å². The fourth-order valence-corrected chi connectivity index (χ4v) is 2.77. The van der Waals surface area contributed by atoms with Crippen LogP contribution >= 0.6 is 12.2 Å². The average molecular weight is 264 g/mol. The number of thiocarbonyl (C=S) groups is 1. The SMILES string of the molecule is COCC(C)NC(=S)NC1Cc2ccccc2C1. The molecule has 0 amide bonds. The quantitative estimate of drug-likeness (QED) is 0.810. The third kappa shape index (κ3) is 3.43. The van der Waals surface area contributed by atoms with E-state index in [1.54, 1.807) is 7.11 Å². The molecule has 98 valence electrons. The molecule has 0 spiro atoms. The van der Waals surface area contributed by atoms with Crippen LogP contribution < -0.4 is 10.6 Å². The van der Waals surface area contributed by atoms with Crippen LogP contribution in [-0.2, 0) is 17.6 Å². The van der Waals surface area contributed by atoms with Crippen molar-refractivity contribution in [3.05, 3.63) is 35.4 Å². The third-order valence-electron chi connectivity index (χ3n) is 3.18. The van der Waals surface area contributed by atoms with Gasteiger partial charge in [0.05, 0.1) is 6.61 Å². The van der Waals surface area contributed by atoms with Gasteiger partial charge in [0, 0.05) is 19.2 Å². The van der Waals surface area contributed by atoms with E-state index < -0.39 is 0 Å². The molecule has 1 atom stereocenters. The second kappa shape index (κ2) is 6.16. The van der Waals surface area contributed by atoms with E-state index in [9.17, 15) is 0 Å². The minimum absolute atomic E-state index is 0.235. The second-order valence-corrected chi connectivity index (χ2v) is 5.26. The average Bonchev–Trinajstić information content (AvgIpc) is 2.70. The lowest BCUT2D eigenvalue weighted by atomic mass is 10.1. The molecular formula is C14H20N2OS. The molecule has 0 radical (unpaired) electrons. The maximum absolute atomic E-state index is 5.31. The molecule has 1 aromatic carbocycles. The van der Waals surface area contributed by atoms with Crippen LogP contribution in [0.3, 0.4) is 0 Å². The van der Waals surface area contributed by atoms with Gasteiger partial charge >= 0.3 is 0 Å². The van der Waals surface area contributed by atoms with Gasteiger partial charge in [-0.2, -0.15) is 0 Å². The van der Waals surface area contributed by atoms with Gasteiger partial charge in [-0.1, -0.05) is 24.3 Å². The molecule has 2 N–H and O–H groups in total. The van der Waals surface area contributed by atoms with Crippen molar-refractivity contribution in [3.8, 4) is 0 Å². The molecule has 2 rings (SSSR count). The van der Waals surface area contributed by atoms with Crippen molar-refractivity contribution in [2.24, 2.45) is 0 Å². The third-order valence-corrected chi connectivity index (χ3v) is 3.42. The first-order valence-corrected chi connectivity index (χ1v) is 6.72. The summed E-state index contributed by atoms with van der Waals surface area (Å²) in [7, 11) is 1.70. The summed E-state index contributed by atoms with van der Waals surface area (Å²) < 4.78 is 5.08. The van der Waals surface area contributed by atoms with E-state index in [0.29, 0.717) is 12.6 Å². The topological polar surface area (TPSA) is 33.3 Å². The molecule has 3 nitrogen and oxygen atoms in total. The predicted octanol–water partition coefficient (Wildman–Crippen LogP) is 1.65. The normalized spacial score (nSPS) is 16.1. The van der Waals surface area contributed by atoms with Crippen LogP contribution in [0.1, 0.15) is 18.1 Å². The minimum Gasteiger partial charge on any atom is -0.383 e. The first kappa shape index (κ1) is 13.3. The Morgan fingerprint density at radius 1 is 1.39 bits per heavy atom. The maximum atomic E-state index is 5.31. The highest BCUT2D eigenvalue weighted by Crippen LogP contribution is 2.21. The molecule has 0 saturated carbocycles. The van der Waals surface area contributed by atoms with Crippen LogP contribution in [0.4, 0.5) is 0 Å². The Morgan fingerprint density at radius 3 is 2.56 bits per heavy atom. The summed E-state index contributed by atoms with van der Waals surface area (Å²) in [6.45, 7) is 2.72. The number of hydrogen-bond donors (Lipinski definition) is 2. The van der Waals surface area contributed by atoms with Crippen molar-refractivity contribution >= 4 is 17.3 Å². The van der Waals surface area contributed by atoms with Crippen LogP contribution in [0.5, 0.6) is 0 Å². The zero-order valence-electron chi connectivity index (χ0n) is 10.9. The summed E-state index contributed by atoms with van der Waals surface area (Å²) in [5.74, 6) is 0. The van der Waals surface area contributed by atoms with E-state index in [0.717, 1.165) is 18.0 Å². The first-order chi connectivity index (χ1) is 8.69. The fourth-order valence-electron chi connectivity index (χ4n) is 2.40. The number of hydrogen-bond acceptors (Lipinski definition) is 2. The number of benzene rings is 1. The van der Waals surface area contributed by atoms with E-state index in [2.05, 4.69) is 41.8 Å². The highest BCUT2D eigenvalue weighted by atomic mass is 32.1. The van der Waals surface area contributed by atoms with Crippen molar-refractivity contribution in [2.45, 2.75) is 31.8 Å². The summed E-state index contributed by atoms with van der Waals surface area (Å²) in [6, 6.07) is 9.23. The molecule has 18 heavy (non-hydrogen) atoms. The van der Waals surface area contributed by atoms with Crippen LogP contribution in [0.15, 0.2) is 24.3 Å². The van der Waals surface area contributed by atoms with E-state index in [1.807, 2.05) is 0 Å². The molecule has 1 aliphatic rings. The highest BCUT2D eigenvalue weighted by molar-refractivity contribution is 7.80. The van der Waals surface area contributed by atoms with Gasteiger partial charge in [-0.25, -0.2) is 0 Å². The number of nitrogens with one attached hydrogen (secondary N) is 2. The predicted molar refractivity (Wildman–Crippen MR) is 77.8 cm³/mol. The molecule has 0 fully saturated rings. The molecule has 0 aromatic heterocycles. The Bertz CT molecular complexity index is 397. The minimum atomic E-state index is 0.235. The zero-order valence-corrected chi connectivity index (χ0v) is 11.7. The van der Waals surface area contributed by atoms with Crippen LogP contribution in [0, 0.1) is 0 Å². The van der Waals surface area contributed by atoms with Gasteiger partial charge in [-0.05, 0) is 43.1 Å². The Balaban J connectivity index is 1.81. The lowest BCUT2D eigenvalue weighted by Crippen LogP contribution is -2.46. The number of methoxy groups -OCH3 is 1. The van der Waals surface area contributed by atoms with Gasteiger partial charge < -0.3 is 15.4 Å². The van der Waals surface area contributed by atoms with E-state index in [-0.39, 0.29) is 6.04 Å². The molecule has 1 aromatic rings. The molecule has 4 heteroatoms. The lowest BCUT2D eigenvalue weighted by molar-refractivity contribution is 0.179. The van der Waals surface area contributed by atoms with Crippen LogP contribution in [0.2, 0.25) is 0 Å². The first-order valence-electron chi connectivity index (χ1n) is 6.31. The second-order valence-electron chi connectivity index (χ2n) is 4.85. The molecule has 0 aliphatic heterocycles. The van der Waals surface area contributed by atoms with Gasteiger partial charge in [0.15, 0.2) is 5.11 Å². The summed E-state index contributed by atoms with van der Waals surface area (Å²) in [5.41, 5.74) is 2.87. The van der Waals surface area contributed by atoms with E-state index in [1.165, 1.54) is 11.1 Å². The largest absolute Gasteiger partial charge is 0.383 e. The molecule has 0 saturated heterocycles. The van der Waals surface area contributed by atoms with Crippen LogP contribution in [-0.4, -0.2) is 30.9 Å².